The van der Waals surface area contributed by atoms with Gasteiger partial charge in [0, 0.05) is 24.7 Å². The third-order valence-electron chi connectivity index (χ3n) is 5.01. The summed E-state index contributed by atoms with van der Waals surface area (Å²) in [7, 11) is 2.10. The fourth-order valence-electron chi connectivity index (χ4n) is 3.51. The van der Waals surface area contributed by atoms with Crippen LogP contribution in [-0.4, -0.2) is 33.3 Å². The second-order valence-corrected chi connectivity index (χ2v) is 7.08. The first-order valence-electron chi connectivity index (χ1n) is 8.70. The van der Waals surface area contributed by atoms with Crippen LogP contribution in [0.2, 0.25) is 0 Å². The average Bonchev–Trinajstić information content (AvgIpc) is 3.33. The summed E-state index contributed by atoms with van der Waals surface area (Å²) < 4.78 is 1.85. The maximum Gasteiger partial charge on any atom is 0.174 e. The van der Waals surface area contributed by atoms with Gasteiger partial charge in [0.25, 0.3) is 0 Å². The fraction of sp³-hybridized carbons (Fsp3) is 0.350. The number of benzene rings is 1. The Balaban J connectivity index is 1.58. The van der Waals surface area contributed by atoms with Crippen LogP contribution in [0.15, 0.2) is 48.8 Å². The third-order valence-corrected chi connectivity index (χ3v) is 5.01. The zero-order valence-corrected chi connectivity index (χ0v) is 15.0. The molecule has 5 nitrogen and oxygen atoms in total. The Bertz CT molecular complexity index is 880. The van der Waals surface area contributed by atoms with Crippen molar-refractivity contribution in [1.82, 2.24) is 19.7 Å². The molecule has 0 atom stereocenters. The molecule has 4 rings (SSSR count). The summed E-state index contributed by atoms with van der Waals surface area (Å²) in [6.45, 7) is 4.97. The van der Waals surface area contributed by atoms with E-state index in [0.29, 0.717) is 0 Å². The van der Waals surface area contributed by atoms with E-state index in [0.717, 1.165) is 29.6 Å². The standard InChI is InChI=1S/C20H23N5/c1-15-11-16(2)25(23-15)19-13-21-12-18(22-19)24(3)14-20(9-10-20)17-7-5-4-6-8-17/h4-8,11-13H,9-10,14H2,1-3H3. The minimum absolute atomic E-state index is 0.256. The first-order chi connectivity index (χ1) is 12.1. The number of hydrogen-bond acceptors (Lipinski definition) is 4. The third kappa shape index (κ3) is 3.02. The molecule has 2 aromatic heterocycles. The molecule has 0 unspecified atom stereocenters. The Kier molecular flexibility index (Phi) is 3.79. The Labute approximate surface area is 148 Å². The Morgan fingerprint density at radius 3 is 2.52 bits per heavy atom. The fourth-order valence-corrected chi connectivity index (χ4v) is 3.51. The monoisotopic (exact) mass is 333 g/mol. The van der Waals surface area contributed by atoms with Gasteiger partial charge in [0.05, 0.1) is 18.1 Å². The molecule has 2 heterocycles. The maximum absolute atomic E-state index is 4.79. The van der Waals surface area contributed by atoms with Crippen LogP contribution < -0.4 is 4.90 Å². The van der Waals surface area contributed by atoms with Crippen LogP contribution in [0.25, 0.3) is 5.82 Å². The highest BCUT2D eigenvalue weighted by atomic mass is 15.3. The van der Waals surface area contributed by atoms with Gasteiger partial charge >= 0.3 is 0 Å². The van der Waals surface area contributed by atoms with Crippen molar-refractivity contribution < 1.29 is 0 Å². The van der Waals surface area contributed by atoms with Gasteiger partial charge in [-0.25, -0.2) is 9.67 Å². The molecule has 0 spiro atoms. The largest absolute Gasteiger partial charge is 0.357 e. The van der Waals surface area contributed by atoms with Gasteiger partial charge in [-0.05, 0) is 38.3 Å². The normalized spacial score (nSPS) is 15.2. The highest BCUT2D eigenvalue weighted by Gasteiger charge is 2.45. The van der Waals surface area contributed by atoms with Gasteiger partial charge in [-0.3, -0.25) is 4.98 Å². The minimum atomic E-state index is 0.256. The number of aromatic nitrogens is 4. The molecule has 0 N–H and O–H groups in total. The molecule has 0 radical (unpaired) electrons. The first-order valence-corrected chi connectivity index (χ1v) is 8.70. The summed E-state index contributed by atoms with van der Waals surface area (Å²) in [6, 6.07) is 12.8. The lowest BCUT2D eigenvalue weighted by atomic mass is 9.95. The summed E-state index contributed by atoms with van der Waals surface area (Å²) in [4.78, 5) is 11.4. The van der Waals surface area contributed by atoms with E-state index in [2.05, 4.69) is 52.4 Å². The van der Waals surface area contributed by atoms with Crippen molar-refractivity contribution in [2.75, 3.05) is 18.5 Å². The molecule has 1 aliphatic rings. The van der Waals surface area contributed by atoms with Crippen LogP contribution in [0.1, 0.15) is 29.8 Å². The van der Waals surface area contributed by atoms with Crippen molar-refractivity contribution in [1.29, 1.82) is 0 Å². The SMILES string of the molecule is Cc1cc(C)n(-c2cncc(N(C)CC3(c4ccccc4)CC3)n2)n1. The lowest BCUT2D eigenvalue weighted by molar-refractivity contribution is 0.665. The van der Waals surface area contributed by atoms with E-state index in [1.165, 1.54) is 18.4 Å². The Hall–Kier alpha value is -2.69. The Morgan fingerprint density at radius 1 is 1.12 bits per heavy atom. The second kappa shape index (κ2) is 5.99. The van der Waals surface area contributed by atoms with Crippen LogP contribution >= 0.6 is 0 Å². The molecule has 1 aromatic carbocycles. The molecule has 1 fully saturated rings. The van der Waals surface area contributed by atoms with Gasteiger partial charge in [-0.1, -0.05) is 30.3 Å². The number of rotatable bonds is 5. The van der Waals surface area contributed by atoms with E-state index in [9.17, 15) is 0 Å². The number of hydrogen-bond donors (Lipinski definition) is 0. The van der Waals surface area contributed by atoms with E-state index in [1.54, 1.807) is 6.20 Å². The highest BCUT2D eigenvalue weighted by Crippen LogP contribution is 2.48. The quantitative estimate of drug-likeness (QED) is 0.717. The molecule has 0 aliphatic heterocycles. The van der Waals surface area contributed by atoms with E-state index >= 15 is 0 Å². The van der Waals surface area contributed by atoms with Crippen molar-refractivity contribution in [3.05, 3.63) is 65.7 Å². The minimum Gasteiger partial charge on any atom is -0.357 e. The average molecular weight is 333 g/mol. The van der Waals surface area contributed by atoms with Crippen molar-refractivity contribution in [2.45, 2.75) is 32.1 Å². The van der Waals surface area contributed by atoms with Crippen LogP contribution in [0.3, 0.4) is 0 Å². The topological polar surface area (TPSA) is 46.8 Å². The smallest absolute Gasteiger partial charge is 0.174 e. The summed E-state index contributed by atoms with van der Waals surface area (Å²) in [5.41, 5.74) is 3.73. The van der Waals surface area contributed by atoms with Crippen molar-refractivity contribution in [3.8, 4) is 5.82 Å². The van der Waals surface area contributed by atoms with Gasteiger partial charge in [0.2, 0.25) is 0 Å². The van der Waals surface area contributed by atoms with Gasteiger partial charge in [0.1, 0.15) is 5.82 Å². The molecular formula is C20H23N5. The van der Waals surface area contributed by atoms with Gasteiger partial charge in [-0.2, -0.15) is 5.10 Å². The van der Waals surface area contributed by atoms with E-state index in [4.69, 9.17) is 4.98 Å². The number of likely N-dealkylation sites (N-methyl/N-ethyl adjacent to an activating group) is 1. The molecule has 1 saturated carbocycles. The summed E-state index contributed by atoms with van der Waals surface area (Å²) in [5.74, 6) is 1.65. The predicted octanol–water partition coefficient (Wildman–Crippen LogP) is 3.45. The molecule has 0 bridgehead atoms. The zero-order valence-electron chi connectivity index (χ0n) is 15.0. The van der Waals surface area contributed by atoms with E-state index in [1.807, 2.05) is 30.8 Å². The van der Waals surface area contributed by atoms with Crippen molar-refractivity contribution >= 4 is 5.82 Å². The molecular weight excluding hydrogens is 310 g/mol. The zero-order chi connectivity index (χ0) is 17.4. The van der Waals surface area contributed by atoms with Crippen molar-refractivity contribution in [3.63, 3.8) is 0 Å². The van der Waals surface area contributed by atoms with E-state index in [-0.39, 0.29) is 5.41 Å². The lowest BCUT2D eigenvalue weighted by Gasteiger charge is -2.25. The molecule has 0 saturated heterocycles. The van der Waals surface area contributed by atoms with E-state index < -0.39 is 0 Å². The van der Waals surface area contributed by atoms with Crippen LogP contribution in [0.5, 0.6) is 0 Å². The number of aryl methyl sites for hydroxylation is 2. The summed E-state index contributed by atoms with van der Waals surface area (Å²) in [5, 5.41) is 4.51. The first kappa shape index (κ1) is 15.8. The number of anilines is 1. The Morgan fingerprint density at radius 2 is 1.88 bits per heavy atom. The summed E-state index contributed by atoms with van der Waals surface area (Å²) in [6.07, 6.45) is 6.05. The molecule has 3 aromatic rings. The van der Waals surface area contributed by atoms with Crippen molar-refractivity contribution in [2.24, 2.45) is 0 Å². The van der Waals surface area contributed by atoms with Crippen LogP contribution in [0, 0.1) is 13.8 Å². The molecule has 0 amide bonds. The van der Waals surface area contributed by atoms with Crippen LogP contribution in [-0.2, 0) is 5.41 Å². The molecule has 5 heteroatoms. The predicted molar refractivity (Wildman–Crippen MR) is 99.3 cm³/mol. The molecule has 25 heavy (non-hydrogen) atoms. The van der Waals surface area contributed by atoms with Gasteiger partial charge < -0.3 is 4.90 Å². The van der Waals surface area contributed by atoms with Crippen LogP contribution in [0.4, 0.5) is 5.82 Å². The maximum atomic E-state index is 4.79. The summed E-state index contributed by atoms with van der Waals surface area (Å²) >= 11 is 0. The van der Waals surface area contributed by atoms with Gasteiger partial charge in [-0.15, -0.1) is 0 Å². The molecule has 128 valence electrons. The second-order valence-electron chi connectivity index (χ2n) is 7.08. The van der Waals surface area contributed by atoms with Gasteiger partial charge in [0.15, 0.2) is 5.82 Å². The lowest BCUT2D eigenvalue weighted by Crippen LogP contribution is -2.30. The highest BCUT2D eigenvalue weighted by molar-refractivity contribution is 5.43. The number of nitrogens with zero attached hydrogens (tertiary/aromatic N) is 5. The molecule has 1 aliphatic carbocycles.